The quantitative estimate of drug-likeness (QED) is 0.903. The van der Waals surface area contributed by atoms with E-state index in [1.54, 1.807) is 0 Å². The second-order valence-corrected chi connectivity index (χ2v) is 5.36. The summed E-state index contributed by atoms with van der Waals surface area (Å²) in [5.74, 6) is 0.940. The standard InChI is InChI=1S/C16H22N4O/c1-19-13-14(12-18-19)5-10-21-16-4-2-3-15(11-16)20-8-6-17-7-9-20/h2-4,11-13,17H,5-10H2,1H3. The molecule has 2 aromatic rings. The largest absolute Gasteiger partial charge is 0.493 e. The first kappa shape index (κ1) is 13.9. The molecular formula is C16H22N4O. The van der Waals surface area contributed by atoms with E-state index < -0.39 is 0 Å². The minimum Gasteiger partial charge on any atom is -0.493 e. The van der Waals surface area contributed by atoms with E-state index in [9.17, 15) is 0 Å². The fourth-order valence-electron chi connectivity index (χ4n) is 2.58. The van der Waals surface area contributed by atoms with Gasteiger partial charge >= 0.3 is 0 Å². The highest BCUT2D eigenvalue weighted by molar-refractivity contribution is 5.51. The SMILES string of the molecule is Cn1cc(CCOc2cccc(N3CCNCC3)c2)cn1. The zero-order chi connectivity index (χ0) is 14.5. The second kappa shape index (κ2) is 6.63. The number of nitrogens with one attached hydrogen (secondary N) is 1. The van der Waals surface area contributed by atoms with Crippen LogP contribution in [0, 0.1) is 0 Å². The average Bonchev–Trinajstić information content (AvgIpc) is 2.94. The Balaban J connectivity index is 1.55. The summed E-state index contributed by atoms with van der Waals surface area (Å²) in [5, 5.41) is 7.54. The molecule has 0 radical (unpaired) electrons. The zero-order valence-electron chi connectivity index (χ0n) is 12.5. The molecule has 0 aliphatic carbocycles. The first-order valence-electron chi connectivity index (χ1n) is 7.47. The molecule has 3 rings (SSSR count). The minimum absolute atomic E-state index is 0.677. The van der Waals surface area contributed by atoms with Gasteiger partial charge in [-0.3, -0.25) is 4.68 Å². The Bertz CT molecular complexity index is 575. The number of piperazine rings is 1. The molecular weight excluding hydrogens is 264 g/mol. The summed E-state index contributed by atoms with van der Waals surface area (Å²) in [6, 6.07) is 8.37. The lowest BCUT2D eigenvalue weighted by Crippen LogP contribution is -2.43. The Morgan fingerprint density at radius 3 is 2.90 bits per heavy atom. The number of hydrogen-bond acceptors (Lipinski definition) is 4. The minimum atomic E-state index is 0.677. The number of hydrogen-bond donors (Lipinski definition) is 1. The van der Waals surface area contributed by atoms with E-state index in [1.807, 2.05) is 30.2 Å². The Labute approximate surface area is 125 Å². The van der Waals surface area contributed by atoms with E-state index >= 15 is 0 Å². The molecule has 1 aliphatic heterocycles. The summed E-state index contributed by atoms with van der Waals surface area (Å²) in [6.45, 7) is 4.88. The molecule has 2 heterocycles. The molecule has 0 bridgehead atoms. The molecule has 0 atom stereocenters. The van der Waals surface area contributed by atoms with Crippen LogP contribution < -0.4 is 15.0 Å². The first-order valence-corrected chi connectivity index (χ1v) is 7.47. The van der Waals surface area contributed by atoms with Crippen molar-refractivity contribution in [2.24, 2.45) is 7.05 Å². The monoisotopic (exact) mass is 286 g/mol. The normalized spacial score (nSPS) is 15.2. The fourth-order valence-corrected chi connectivity index (χ4v) is 2.58. The molecule has 112 valence electrons. The van der Waals surface area contributed by atoms with Gasteiger partial charge in [-0.25, -0.2) is 0 Å². The molecule has 1 aromatic heterocycles. The van der Waals surface area contributed by atoms with Crippen LogP contribution in [0.3, 0.4) is 0 Å². The summed E-state index contributed by atoms with van der Waals surface area (Å²) >= 11 is 0. The average molecular weight is 286 g/mol. The van der Waals surface area contributed by atoms with Crippen molar-refractivity contribution < 1.29 is 4.74 Å². The second-order valence-electron chi connectivity index (χ2n) is 5.36. The number of anilines is 1. The molecule has 21 heavy (non-hydrogen) atoms. The van der Waals surface area contributed by atoms with Crippen LogP contribution in [0.2, 0.25) is 0 Å². The van der Waals surface area contributed by atoms with Gasteiger partial charge in [-0.15, -0.1) is 0 Å². The van der Waals surface area contributed by atoms with Crippen molar-refractivity contribution in [3.63, 3.8) is 0 Å². The predicted molar refractivity (Wildman–Crippen MR) is 83.9 cm³/mol. The van der Waals surface area contributed by atoms with Gasteiger partial charge in [0.05, 0.1) is 12.8 Å². The van der Waals surface area contributed by atoms with Crippen LogP contribution in [-0.2, 0) is 13.5 Å². The van der Waals surface area contributed by atoms with Crippen LogP contribution in [0.1, 0.15) is 5.56 Å². The molecule has 0 unspecified atom stereocenters. The van der Waals surface area contributed by atoms with Crippen LogP contribution in [0.15, 0.2) is 36.7 Å². The predicted octanol–water partition coefficient (Wildman–Crippen LogP) is 1.45. The van der Waals surface area contributed by atoms with Gasteiger partial charge in [0, 0.05) is 57.6 Å². The molecule has 1 N–H and O–H groups in total. The van der Waals surface area contributed by atoms with Crippen molar-refractivity contribution in [1.82, 2.24) is 15.1 Å². The Hall–Kier alpha value is -2.01. The first-order chi connectivity index (χ1) is 10.3. The van der Waals surface area contributed by atoms with Gasteiger partial charge in [0.25, 0.3) is 0 Å². The highest BCUT2D eigenvalue weighted by atomic mass is 16.5. The Morgan fingerprint density at radius 1 is 1.29 bits per heavy atom. The molecule has 1 aromatic carbocycles. The van der Waals surface area contributed by atoms with E-state index in [-0.39, 0.29) is 0 Å². The lowest BCUT2D eigenvalue weighted by molar-refractivity contribution is 0.322. The zero-order valence-corrected chi connectivity index (χ0v) is 12.5. The third-order valence-electron chi connectivity index (χ3n) is 3.72. The van der Waals surface area contributed by atoms with E-state index in [1.165, 1.54) is 11.3 Å². The van der Waals surface area contributed by atoms with Crippen molar-refractivity contribution >= 4 is 5.69 Å². The van der Waals surface area contributed by atoms with E-state index in [2.05, 4.69) is 33.5 Å². The molecule has 1 fully saturated rings. The number of benzene rings is 1. The number of rotatable bonds is 5. The summed E-state index contributed by atoms with van der Waals surface area (Å²) in [4.78, 5) is 2.39. The van der Waals surface area contributed by atoms with Crippen molar-refractivity contribution in [3.8, 4) is 5.75 Å². The number of ether oxygens (including phenoxy) is 1. The molecule has 1 saturated heterocycles. The lowest BCUT2D eigenvalue weighted by atomic mass is 10.2. The molecule has 0 saturated carbocycles. The molecule has 5 nitrogen and oxygen atoms in total. The van der Waals surface area contributed by atoms with Crippen LogP contribution >= 0.6 is 0 Å². The van der Waals surface area contributed by atoms with Crippen molar-refractivity contribution in [3.05, 3.63) is 42.2 Å². The van der Waals surface area contributed by atoms with Crippen LogP contribution in [0.4, 0.5) is 5.69 Å². The fraction of sp³-hybridized carbons (Fsp3) is 0.438. The van der Waals surface area contributed by atoms with Crippen molar-refractivity contribution in [2.75, 3.05) is 37.7 Å². The van der Waals surface area contributed by atoms with Gasteiger partial charge in [0.15, 0.2) is 0 Å². The Kier molecular flexibility index (Phi) is 4.40. The third kappa shape index (κ3) is 3.76. The number of aryl methyl sites for hydroxylation is 1. The van der Waals surface area contributed by atoms with E-state index in [4.69, 9.17) is 4.74 Å². The van der Waals surface area contributed by atoms with E-state index in [0.29, 0.717) is 6.61 Å². The van der Waals surface area contributed by atoms with Crippen molar-refractivity contribution in [2.45, 2.75) is 6.42 Å². The van der Waals surface area contributed by atoms with Crippen LogP contribution in [0.5, 0.6) is 5.75 Å². The van der Waals surface area contributed by atoms with Gasteiger partial charge < -0.3 is 15.0 Å². The van der Waals surface area contributed by atoms with Crippen molar-refractivity contribution in [1.29, 1.82) is 0 Å². The molecule has 5 heteroatoms. The molecule has 1 aliphatic rings. The summed E-state index contributed by atoms with van der Waals surface area (Å²) in [5.41, 5.74) is 2.45. The maximum atomic E-state index is 5.87. The molecule has 0 amide bonds. The Morgan fingerprint density at radius 2 is 2.14 bits per heavy atom. The van der Waals surface area contributed by atoms with Gasteiger partial charge in [-0.2, -0.15) is 5.10 Å². The molecule has 0 spiro atoms. The third-order valence-corrected chi connectivity index (χ3v) is 3.72. The summed E-state index contributed by atoms with van der Waals surface area (Å²) in [7, 11) is 1.93. The van der Waals surface area contributed by atoms with Gasteiger partial charge in [0.1, 0.15) is 5.75 Å². The van der Waals surface area contributed by atoms with Gasteiger partial charge in [0.2, 0.25) is 0 Å². The van der Waals surface area contributed by atoms with E-state index in [0.717, 1.165) is 38.3 Å². The topological polar surface area (TPSA) is 42.3 Å². The lowest BCUT2D eigenvalue weighted by Gasteiger charge is -2.29. The van der Waals surface area contributed by atoms with Crippen LogP contribution in [0.25, 0.3) is 0 Å². The number of aromatic nitrogens is 2. The maximum Gasteiger partial charge on any atom is 0.121 e. The van der Waals surface area contributed by atoms with Gasteiger partial charge in [-0.1, -0.05) is 6.07 Å². The van der Waals surface area contributed by atoms with Gasteiger partial charge in [-0.05, 0) is 17.7 Å². The highest BCUT2D eigenvalue weighted by Crippen LogP contribution is 2.21. The highest BCUT2D eigenvalue weighted by Gasteiger charge is 2.10. The maximum absolute atomic E-state index is 5.87. The summed E-state index contributed by atoms with van der Waals surface area (Å²) in [6.07, 6.45) is 4.80. The van der Waals surface area contributed by atoms with Crippen LogP contribution in [-0.4, -0.2) is 42.6 Å². The number of nitrogens with zero attached hydrogens (tertiary/aromatic N) is 3. The smallest absolute Gasteiger partial charge is 0.121 e. The summed E-state index contributed by atoms with van der Waals surface area (Å²) < 4.78 is 7.69.